The molecule has 1 heterocycles. The second-order valence-corrected chi connectivity index (χ2v) is 5.92. The van der Waals surface area contributed by atoms with E-state index in [-0.39, 0.29) is 5.41 Å². The van der Waals surface area contributed by atoms with Crippen molar-refractivity contribution in [1.82, 2.24) is 4.90 Å². The summed E-state index contributed by atoms with van der Waals surface area (Å²) in [5.74, 6) is 1.07. The van der Waals surface area contributed by atoms with Crippen LogP contribution in [0.5, 0.6) is 5.75 Å². The molecule has 1 aliphatic heterocycles. The lowest BCUT2D eigenvalue weighted by Gasteiger charge is -2.31. The highest BCUT2D eigenvalue weighted by Gasteiger charge is 2.38. The molecule has 0 aromatic heterocycles. The fourth-order valence-electron chi connectivity index (χ4n) is 3.22. The van der Waals surface area contributed by atoms with Gasteiger partial charge in [-0.05, 0) is 50.0 Å². The van der Waals surface area contributed by atoms with Crippen molar-refractivity contribution < 1.29 is 5.11 Å². The topological polar surface area (TPSA) is 23.5 Å². The Balaban J connectivity index is 2.33. The summed E-state index contributed by atoms with van der Waals surface area (Å²) >= 11 is 0. The summed E-state index contributed by atoms with van der Waals surface area (Å²) < 4.78 is 0. The maximum Gasteiger partial charge on any atom is 0.115 e. The molecule has 2 rings (SSSR count). The van der Waals surface area contributed by atoms with Crippen LogP contribution in [0.2, 0.25) is 0 Å². The number of rotatable bonds is 3. The minimum Gasteiger partial charge on any atom is -0.508 e. The SMILES string of the molecule is CC(C)CC1(c2cccc(O)c2)CCN(C)C1. The quantitative estimate of drug-likeness (QED) is 0.867. The number of phenolic OH excluding ortho intramolecular Hbond substituents is 1. The van der Waals surface area contributed by atoms with Crippen LogP contribution in [0, 0.1) is 5.92 Å². The maximum absolute atomic E-state index is 9.67. The van der Waals surface area contributed by atoms with Gasteiger partial charge in [-0.15, -0.1) is 0 Å². The van der Waals surface area contributed by atoms with Crippen molar-refractivity contribution in [3.63, 3.8) is 0 Å². The molecule has 1 saturated heterocycles. The zero-order valence-electron chi connectivity index (χ0n) is 11.1. The van der Waals surface area contributed by atoms with Gasteiger partial charge in [-0.25, -0.2) is 0 Å². The Kier molecular flexibility index (Phi) is 3.43. The molecule has 2 nitrogen and oxygen atoms in total. The molecule has 0 spiro atoms. The first-order valence-electron chi connectivity index (χ1n) is 6.50. The van der Waals surface area contributed by atoms with Crippen molar-refractivity contribution in [3.05, 3.63) is 29.8 Å². The van der Waals surface area contributed by atoms with Gasteiger partial charge in [-0.2, -0.15) is 0 Å². The van der Waals surface area contributed by atoms with Crippen LogP contribution < -0.4 is 0 Å². The van der Waals surface area contributed by atoms with Gasteiger partial charge in [0.05, 0.1) is 0 Å². The van der Waals surface area contributed by atoms with Gasteiger partial charge in [0.1, 0.15) is 5.75 Å². The molecule has 1 N–H and O–H groups in total. The number of hydrogen-bond donors (Lipinski definition) is 1. The highest BCUT2D eigenvalue weighted by Crippen LogP contribution is 2.40. The molecule has 2 heteroatoms. The van der Waals surface area contributed by atoms with Crippen LogP contribution in [0.1, 0.15) is 32.3 Å². The predicted molar refractivity (Wildman–Crippen MR) is 71.4 cm³/mol. The number of likely N-dealkylation sites (tertiary alicyclic amines) is 1. The van der Waals surface area contributed by atoms with Gasteiger partial charge < -0.3 is 10.0 Å². The lowest BCUT2D eigenvalue weighted by molar-refractivity contribution is 0.320. The summed E-state index contributed by atoms with van der Waals surface area (Å²) in [7, 11) is 2.19. The van der Waals surface area contributed by atoms with E-state index in [4.69, 9.17) is 0 Å². The lowest BCUT2D eigenvalue weighted by atomic mass is 9.74. The van der Waals surface area contributed by atoms with E-state index >= 15 is 0 Å². The van der Waals surface area contributed by atoms with Crippen LogP contribution in [0.15, 0.2) is 24.3 Å². The molecule has 0 saturated carbocycles. The highest BCUT2D eigenvalue weighted by molar-refractivity contribution is 5.34. The standard InChI is InChI=1S/C15H23NO/c1-12(2)10-15(7-8-16(3)11-15)13-5-4-6-14(17)9-13/h4-6,9,12,17H,7-8,10-11H2,1-3H3. The van der Waals surface area contributed by atoms with Crippen molar-refractivity contribution in [1.29, 1.82) is 0 Å². The second kappa shape index (κ2) is 4.69. The van der Waals surface area contributed by atoms with Gasteiger partial charge in [-0.1, -0.05) is 26.0 Å². The molecular formula is C15H23NO. The highest BCUT2D eigenvalue weighted by atomic mass is 16.3. The van der Waals surface area contributed by atoms with Crippen molar-refractivity contribution >= 4 is 0 Å². The molecule has 1 aromatic rings. The van der Waals surface area contributed by atoms with Crippen molar-refractivity contribution in [2.24, 2.45) is 5.92 Å². The predicted octanol–water partition coefficient (Wildman–Crippen LogP) is 3.01. The summed E-state index contributed by atoms with van der Waals surface area (Å²) in [6, 6.07) is 7.83. The normalized spacial score (nSPS) is 25.6. The molecule has 1 aliphatic rings. The summed E-state index contributed by atoms with van der Waals surface area (Å²) in [6.07, 6.45) is 2.39. The molecule has 0 bridgehead atoms. The summed E-state index contributed by atoms with van der Waals surface area (Å²) in [6.45, 7) is 6.82. The van der Waals surface area contributed by atoms with Gasteiger partial charge >= 0.3 is 0 Å². The minimum absolute atomic E-state index is 0.238. The molecule has 17 heavy (non-hydrogen) atoms. The van der Waals surface area contributed by atoms with Gasteiger partial charge in [0.15, 0.2) is 0 Å². The number of benzene rings is 1. The Morgan fingerprint density at radius 2 is 2.18 bits per heavy atom. The maximum atomic E-state index is 9.67. The first-order valence-corrected chi connectivity index (χ1v) is 6.50. The fourth-order valence-corrected chi connectivity index (χ4v) is 3.22. The van der Waals surface area contributed by atoms with Gasteiger partial charge in [0.25, 0.3) is 0 Å². The third-order valence-electron chi connectivity index (χ3n) is 3.80. The van der Waals surface area contributed by atoms with Crippen LogP contribution in [-0.2, 0) is 5.41 Å². The van der Waals surface area contributed by atoms with E-state index in [1.54, 1.807) is 6.07 Å². The molecule has 1 unspecified atom stereocenters. The van der Waals surface area contributed by atoms with Crippen LogP contribution in [0.4, 0.5) is 0 Å². The smallest absolute Gasteiger partial charge is 0.115 e. The van der Waals surface area contributed by atoms with Crippen LogP contribution in [0.25, 0.3) is 0 Å². The van der Waals surface area contributed by atoms with Gasteiger partial charge in [0, 0.05) is 12.0 Å². The van der Waals surface area contributed by atoms with E-state index in [0.29, 0.717) is 11.7 Å². The largest absolute Gasteiger partial charge is 0.508 e. The molecule has 1 fully saturated rings. The minimum atomic E-state index is 0.238. The number of likely N-dealkylation sites (N-methyl/N-ethyl adjacent to an activating group) is 1. The zero-order valence-corrected chi connectivity index (χ0v) is 11.1. The van der Waals surface area contributed by atoms with Gasteiger partial charge in [-0.3, -0.25) is 0 Å². The first kappa shape index (κ1) is 12.4. The third kappa shape index (κ3) is 2.63. The average Bonchev–Trinajstić information content (AvgIpc) is 2.60. The van der Waals surface area contributed by atoms with E-state index < -0.39 is 0 Å². The molecular weight excluding hydrogens is 210 g/mol. The summed E-state index contributed by atoms with van der Waals surface area (Å²) in [5, 5.41) is 9.67. The Labute approximate surface area is 104 Å². The Bertz CT molecular complexity index is 388. The van der Waals surface area contributed by atoms with Crippen molar-refractivity contribution in [2.45, 2.75) is 32.1 Å². The number of nitrogens with zero attached hydrogens (tertiary/aromatic N) is 1. The third-order valence-corrected chi connectivity index (χ3v) is 3.80. The summed E-state index contributed by atoms with van der Waals surface area (Å²) in [4.78, 5) is 2.40. The summed E-state index contributed by atoms with van der Waals surface area (Å²) in [5.41, 5.74) is 1.54. The first-order chi connectivity index (χ1) is 8.02. The Morgan fingerprint density at radius 3 is 2.71 bits per heavy atom. The second-order valence-electron chi connectivity index (χ2n) is 5.92. The fraction of sp³-hybridized carbons (Fsp3) is 0.600. The van der Waals surface area contributed by atoms with E-state index in [1.807, 2.05) is 12.1 Å². The van der Waals surface area contributed by atoms with E-state index in [9.17, 15) is 5.11 Å². The Hall–Kier alpha value is -1.02. The van der Waals surface area contributed by atoms with Crippen molar-refractivity contribution in [3.8, 4) is 5.75 Å². The number of hydrogen-bond acceptors (Lipinski definition) is 2. The molecule has 0 aliphatic carbocycles. The Morgan fingerprint density at radius 1 is 1.41 bits per heavy atom. The number of aromatic hydroxyl groups is 1. The van der Waals surface area contributed by atoms with Crippen molar-refractivity contribution in [2.75, 3.05) is 20.1 Å². The number of phenols is 1. The lowest BCUT2D eigenvalue weighted by Crippen LogP contribution is -2.31. The van der Waals surface area contributed by atoms with Gasteiger partial charge in [0.2, 0.25) is 0 Å². The molecule has 1 aromatic carbocycles. The van der Waals surface area contributed by atoms with E-state index in [0.717, 1.165) is 13.1 Å². The molecule has 0 radical (unpaired) electrons. The van der Waals surface area contributed by atoms with Crippen LogP contribution >= 0.6 is 0 Å². The monoisotopic (exact) mass is 233 g/mol. The molecule has 1 atom stereocenters. The van der Waals surface area contributed by atoms with E-state index in [2.05, 4.69) is 31.9 Å². The molecule has 0 amide bonds. The van der Waals surface area contributed by atoms with E-state index in [1.165, 1.54) is 18.4 Å². The van der Waals surface area contributed by atoms with Crippen LogP contribution in [0.3, 0.4) is 0 Å². The zero-order chi connectivity index (χ0) is 12.5. The average molecular weight is 233 g/mol. The van der Waals surface area contributed by atoms with Crippen LogP contribution in [-0.4, -0.2) is 30.1 Å². The molecule has 94 valence electrons.